The number of carbonyl (C=O) groups excluding carboxylic acids is 1. The number of carbonyl (C=O) groups is 1. The molecule has 0 aliphatic heterocycles. The first-order chi connectivity index (χ1) is 8.50. The van der Waals surface area contributed by atoms with Crippen molar-refractivity contribution in [3.63, 3.8) is 0 Å². The molecule has 0 aromatic heterocycles. The van der Waals surface area contributed by atoms with Gasteiger partial charge < -0.3 is 16.0 Å². The van der Waals surface area contributed by atoms with Gasteiger partial charge in [-0.15, -0.1) is 0 Å². The molecule has 1 unspecified atom stereocenters. The maximum atomic E-state index is 11.4. The summed E-state index contributed by atoms with van der Waals surface area (Å²) in [6.45, 7) is 5.03. The van der Waals surface area contributed by atoms with Crippen molar-refractivity contribution in [3.8, 4) is 0 Å². The van der Waals surface area contributed by atoms with Gasteiger partial charge in [0.15, 0.2) is 0 Å². The van der Waals surface area contributed by atoms with Crippen molar-refractivity contribution in [1.82, 2.24) is 10.2 Å². The van der Waals surface area contributed by atoms with Crippen LogP contribution in [0.5, 0.6) is 0 Å². The molecule has 0 bridgehead atoms. The van der Waals surface area contributed by atoms with E-state index in [2.05, 4.69) is 17.3 Å². The van der Waals surface area contributed by atoms with Gasteiger partial charge >= 0.3 is 0 Å². The molecule has 0 saturated heterocycles. The summed E-state index contributed by atoms with van der Waals surface area (Å²) in [5.74, 6) is -0.235. The van der Waals surface area contributed by atoms with E-state index in [1.54, 1.807) is 0 Å². The highest BCUT2D eigenvalue weighted by Crippen LogP contribution is 2.21. The average molecular weight is 255 g/mol. The molecular formula is C14H29N3O. The van der Waals surface area contributed by atoms with Gasteiger partial charge in [-0.05, 0) is 26.3 Å². The molecule has 0 aromatic carbocycles. The molecule has 1 aliphatic rings. The highest BCUT2D eigenvalue weighted by Gasteiger charge is 2.21. The minimum atomic E-state index is -0.235. The van der Waals surface area contributed by atoms with Crippen LogP contribution in [0.25, 0.3) is 0 Å². The summed E-state index contributed by atoms with van der Waals surface area (Å²) in [6.07, 6.45) is 7.48. The lowest BCUT2D eigenvalue weighted by atomic mass is 9.94. The van der Waals surface area contributed by atoms with Crippen LogP contribution in [0.2, 0.25) is 0 Å². The topological polar surface area (TPSA) is 58.4 Å². The van der Waals surface area contributed by atoms with Crippen molar-refractivity contribution in [2.24, 2.45) is 5.73 Å². The van der Waals surface area contributed by atoms with Crippen molar-refractivity contribution in [2.75, 3.05) is 13.6 Å². The summed E-state index contributed by atoms with van der Waals surface area (Å²) in [6, 6.07) is 0.796. The predicted octanol–water partition coefficient (Wildman–Crippen LogP) is 1.49. The second-order valence-electron chi connectivity index (χ2n) is 5.84. The molecule has 4 nitrogen and oxygen atoms in total. The Kier molecular flexibility index (Phi) is 6.65. The number of nitrogens with zero attached hydrogens (tertiary/aromatic N) is 1. The fourth-order valence-electron chi connectivity index (χ4n) is 2.75. The highest BCUT2D eigenvalue weighted by molar-refractivity contribution is 5.79. The number of hydrogen-bond acceptors (Lipinski definition) is 3. The second-order valence-corrected chi connectivity index (χ2v) is 5.84. The Labute approximate surface area is 111 Å². The zero-order chi connectivity index (χ0) is 13.5. The number of amides is 1. The van der Waals surface area contributed by atoms with Gasteiger partial charge in [0.2, 0.25) is 5.91 Å². The third kappa shape index (κ3) is 5.36. The Balaban J connectivity index is 2.33. The van der Waals surface area contributed by atoms with Crippen LogP contribution in [0.1, 0.15) is 52.4 Å². The molecule has 0 spiro atoms. The summed E-state index contributed by atoms with van der Waals surface area (Å²) >= 11 is 0. The molecule has 106 valence electrons. The molecule has 1 atom stereocenters. The molecule has 0 radical (unpaired) electrons. The second kappa shape index (κ2) is 7.74. The number of primary amides is 1. The van der Waals surface area contributed by atoms with Gasteiger partial charge in [0, 0.05) is 18.6 Å². The van der Waals surface area contributed by atoms with E-state index in [0.717, 1.165) is 13.0 Å². The van der Waals surface area contributed by atoms with E-state index in [0.29, 0.717) is 12.1 Å². The fourth-order valence-corrected chi connectivity index (χ4v) is 2.75. The monoisotopic (exact) mass is 255 g/mol. The van der Waals surface area contributed by atoms with Gasteiger partial charge in [-0.3, -0.25) is 4.79 Å². The lowest BCUT2D eigenvalue weighted by molar-refractivity contribution is -0.120. The number of rotatable bonds is 7. The molecule has 1 rings (SSSR count). The van der Waals surface area contributed by atoms with E-state index in [9.17, 15) is 4.79 Å². The molecular weight excluding hydrogens is 226 g/mol. The third-order valence-corrected chi connectivity index (χ3v) is 3.85. The van der Waals surface area contributed by atoms with Crippen molar-refractivity contribution in [3.05, 3.63) is 0 Å². The van der Waals surface area contributed by atoms with Crippen LogP contribution >= 0.6 is 0 Å². The van der Waals surface area contributed by atoms with Gasteiger partial charge in [-0.2, -0.15) is 0 Å². The third-order valence-electron chi connectivity index (χ3n) is 3.85. The molecule has 1 fully saturated rings. The smallest absolute Gasteiger partial charge is 0.234 e. The molecule has 4 heteroatoms. The molecule has 0 aromatic rings. The van der Waals surface area contributed by atoms with Crippen molar-refractivity contribution in [1.29, 1.82) is 0 Å². The highest BCUT2D eigenvalue weighted by atomic mass is 16.1. The fraction of sp³-hybridized carbons (Fsp3) is 0.929. The Morgan fingerprint density at radius 2 is 1.94 bits per heavy atom. The number of hydrogen-bond donors (Lipinski definition) is 2. The zero-order valence-corrected chi connectivity index (χ0v) is 12.1. The Hall–Kier alpha value is -0.610. The standard InChI is InChI=1S/C14H29N3O/c1-11(2)16-13(14(15)18)9-10-17(3)12-7-5-4-6-8-12/h11-13,16H,4-10H2,1-3H3,(H2,15,18). The minimum Gasteiger partial charge on any atom is -0.368 e. The Morgan fingerprint density at radius 3 is 2.44 bits per heavy atom. The SMILES string of the molecule is CC(C)NC(CCN(C)C1CCCCC1)C(N)=O. The average Bonchev–Trinajstić information content (AvgIpc) is 2.34. The molecule has 18 heavy (non-hydrogen) atoms. The predicted molar refractivity (Wildman–Crippen MR) is 75.4 cm³/mol. The summed E-state index contributed by atoms with van der Waals surface area (Å²) in [7, 11) is 2.17. The van der Waals surface area contributed by atoms with Crippen molar-refractivity contribution >= 4 is 5.91 Å². The van der Waals surface area contributed by atoms with Gasteiger partial charge in [0.25, 0.3) is 0 Å². The van der Waals surface area contributed by atoms with Crippen LogP contribution in [0.4, 0.5) is 0 Å². The lowest BCUT2D eigenvalue weighted by Gasteiger charge is -2.32. The molecule has 1 amide bonds. The normalized spacial score (nSPS) is 19.4. The van der Waals surface area contributed by atoms with E-state index in [1.165, 1.54) is 32.1 Å². The first-order valence-electron chi connectivity index (χ1n) is 7.26. The van der Waals surface area contributed by atoms with Gasteiger partial charge in [0.1, 0.15) is 0 Å². The van der Waals surface area contributed by atoms with Crippen LogP contribution in [0.3, 0.4) is 0 Å². The van der Waals surface area contributed by atoms with Crippen LogP contribution < -0.4 is 11.1 Å². The van der Waals surface area contributed by atoms with Crippen molar-refractivity contribution in [2.45, 2.75) is 70.5 Å². The summed E-state index contributed by atoms with van der Waals surface area (Å²) in [5, 5.41) is 3.24. The first kappa shape index (κ1) is 15.4. The maximum Gasteiger partial charge on any atom is 0.234 e. The summed E-state index contributed by atoms with van der Waals surface area (Å²) in [5.41, 5.74) is 5.43. The van der Waals surface area contributed by atoms with Gasteiger partial charge in [-0.25, -0.2) is 0 Å². The van der Waals surface area contributed by atoms with E-state index < -0.39 is 0 Å². The van der Waals surface area contributed by atoms with E-state index >= 15 is 0 Å². The van der Waals surface area contributed by atoms with Gasteiger partial charge in [-0.1, -0.05) is 33.1 Å². The van der Waals surface area contributed by atoms with Crippen LogP contribution in [-0.2, 0) is 4.79 Å². The van der Waals surface area contributed by atoms with E-state index in [-0.39, 0.29) is 11.9 Å². The van der Waals surface area contributed by atoms with E-state index in [1.807, 2.05) is 13.8 Å². The molecule has 1 saturated carbocycles. The number of nitrogens with one attached hydrogen (secondary N) is 1. The lowest BCUT2D eigenvalue weighted by Crippen LogP contribution is -2.47. The van der Waals surface area contributed by atoms with Crippen molar-refractivity contribution < 1.29 is 4.79 Å². The maximum absolute atomic E-state index is 11.4. The summed E-state index contributed by atoms with van der Waals surface area (Å²) in [4.78, 5) is 13.8. The molecule has 1 aliphatic carbocycles. The number of nitrogens with two attached hydrogens (primary N) is 1. The van der Waals surface area contributed by atoms with Crippen LogP contribution in [0.15, 0.2) is 0 Å². The Morgan fingerprint density at radius 1 is 1.33 bits per heavy atom. The largest absolute Gasteiger partial charge is 0.368 e. The Bertz CT molecular complexity index is 249. The molecule has 0 heterocycles. The summed E-state index contributed by atoms with van der Waals surface area (Å²) < 4.78 is 0. The first-order valence-corrected chi connectivity index (χ1v) is 7.26. The molecule has 3 N–H and O–H groups in total. The quantitative estimate of drug-likeness (QED) is 0.724. The van der Waals surface area contributed by atoms with Gasteiger partial charge in [0.05, 0.1) is 6.04 Å². The zero-order valence-electron chi connectivity index (χ0n) is 12.1. The van der Waals surface area contributed by atoms with Crippen LogP contribution in [-0.4, -0.2) is 42.5 Å². The van der Waals surface area contributed by atoms with Crippen LogP contribution in [0, 0.1) is 0 Å². The van der Waals surface area contributed by atoms with E-state index in [4.69, 9.17) is 5.73 Å². The minimum absolute atomic E-state index is 0.198.